The molecule has 3 atom stereocenters. The lowest BCUT2D eigenvalue weighted by Crippen LogP contribution is -2.55. The van der Waals surface area contributed by atoms with Crippen LogP contribution in [0.15, 0.2) is 30.3 Å². The lowest BCUT2D eigenvalue weighted by atomic mass is 9.98. The summed E-state index contributed by atoms with van der Waals surface area (Å²) in [6.45, 7) is 7.09. The van der Waals surface area contributed by atoms with Gasteiger partial charge in [0.15, 0.2) is 0 Å². The monoisotopic (exact) mass is 319 g/mol. The highest BCUT2D eigenvalue weighted by Crippen LogP contribution is 2.30. The van der Waals surface area contributed by atoms with Gasteiger partial charge in [0.05, 0.1) is 19.3 Å². The number of nitrogens with zero attached hydrogens (tertiary/aromatic N) is 1. The van der Waals surface area contributed by atoms with Gasteiger partial charge in [-0.2, -0.15) is 0 Å². The second-order valence-corrected chi connectivity index (χ2v) is 5.83. The van der Waals surface area contributed by atoms with Crippen molar-refractivity contribution in [3.63, 3.8) is 0 Å². The molecular formula is C17H25N3O3. The number of carbonyl (C=O) groups excluding carboxylic acids is 2. The summed E-state index contributed by atoms with van der Waals surface area (Å²) in [5, 5.41) is 4.91. The topological polar surface area (TPSA) is 70.7 Å². The maximum atomic E-state index is 12.1. The van der Waals surface area contributed by atoms with Gasteiger partial charge in [-0.15, -0.1) is 0 Å². The summed E-state index contributed by atoms with van der Waals surface area (Å²) in [5.74, 6) is -0.302. The van der Waals surface area contributed by atoms with Gasteiger partial charge in [-0.1, -0.05) is 30.3 Å². The number of nitrogens with one attached hydrogen (secondary N) is 2. The Labute approximate surface area is 137 Å². The number of hydrogen-bond acceptors (Lipinski definition) is 4. The third kappa shape index (κ3) is 4.53. The molecule has 6 heteroatoms. The number of hydrogen-bond donors (Lipinski definition) is 2. The minimum absolute atomic E-state index is 0.0427. The molecule has 0 spiro atoms. The summed E-state index contributed by atoms with van der Waals surface area (Å²) >= 11 is 0. The normalized spacial score (nSPS) is 24.9. The van der Waals surface area contributed by atoms with Gasteiger partial charge < -0.3 is 10.1 Å². The molecular weight excluding hydrogens is 294 g/mol. The second-order valence-electron chi connectivity index (χ2n) is 5.83. The molecule has 0 saturated carbocycles. The van der Waals surface area contributed by atoms with E-state index in [1.807, 2.05) is 44.2 Å². The first kappa shape index (κ1) is 17.4. The molecule has 1 heterocycles. The molecule has 1 aromatic carbocycles. The number of morpholine rings is 1. The average molecular weight is 319 g/mol. The summed E-state index contributed by atoms with van der Waals surface area (Å²) in [6, 6.07) is 9.70. The van der Waals surface area contributed by atoms with E-state index in [-0.39, 0.29) is 30.6 Å². The van der Waals surface area contributed by atoms with E-state index >= 15 is 0 Å². The zero-order valence-corrected chi connectivity index (χ0v) is 13.9. The van der Waals surface area contributed by atoms with Crippen LogP contribution in [0.3, 0.4) is 0 Å². The van der Waals surface area contributed by atoms with Gasteiger partial charge in [-0.05, 0) is 26.3 Å². The molecule has 1 aromatic rings. The zero-order chi connectivity index (χ0) is 16.8. The number of amides is 3. The number of imide groups is 1. The SMILES string of the molecule is CCNC(=O)NC(=O)CN1C(C)COC(c2ccccc2)C1C. The van der Waals surface area contributed by atoms with Crippen LogP contribution >= 0.6 is 0 Å². The van der Waals surface area contributed by atoms with E-state index < -0.39 is 6.03 Å². The van der Waals surface area contributed by atoms with Gasteiger partial charge >= 0.3 is 6.03 Å². The van der Waals surface area contributed by atoms with Gasteiger partial charge in [0.25, 0.3) is 0 Å². The fourth-order valence-electron chi connectivity index (χ4n) is 2.91. The Morgan fingerprint density at radius 1 is 1.26 bits per heavy atom. The molecule has 1 aliphatic rings. The molecule has 0 bridgehead atoms. The van der Waals surface area contributed by atoms with Crippen LogP contribution in [0.2, 0.25) is 0 Å². The molecule has 2 N–H and O–H groups in total. The van der Waals surface area contributed by atoms with Crippen molar-refractivity contribution in [2.45, 2.75) is 39.0 Å². The summed E-state index contributed by atoms with van der Waals surface area (Å²) in [4.78, 5) is 25.6. The smallest absolute Gasteiger partial charge is 0.321 e. The van der Waals surface area contributed by atoms with E-state index in [0.29, 0.717) is 13.2 Å². The fourth-order valence-corrected chi connectivity index (χ4v) is 2.91. The quantitative estimate of drug-likeness (QED) is 0.886. The van der Waals surface area contributed by atoms with Crippen molar-refractivity contribution in [1.82, 2.24) is 15.5 Å². The Bertz CT molecular complexity index is 535. The van der Waals surface area contributed by atoms with Crippen LogP contribution < -0.4 is 10.6 Å². The molecule has 0 radical (unpaired) electrons. The van der Waals surface area contributed by atoms with Crippen molar-refractivity contribution < 1.29 is 14.3 Å². The third-order valence-corrected chi connectivity index (χ3v) is 4.09. The first-order valence-electron chi connectivity index (χ1n) is 8.03. The lowest BCUT2D eigenvalue weighted by Gasteiger charge is -2.43. The molecule has 0 aromatic heterocycles. The minimum Gasteiger partial charge on any atom is -0.370 e. The van der Waals surface area contributed by atoms with Crippen LogP contribution in [-0.2, 0) is 9.53 Å². The van der Waals surface area contributed by atoms with Gasteiger partial charge in [0, 0.05) is 18.6 Å². The van der Waals surface area contributed by atoms with E-state index in [1.54, 1.807) is 6.92 Å². The Morgan fingerprint density at radius 3 is 2.61 bits per heavy atom. The van der Waals surface area contributed by atoms with Crippen molar-refractivity contribution in [3.05, 3.63) is 35.9 Å². The molecule has 6 nitrogen and oxygen atoms in total. The zero-order valence-electron chi connectivity index (χ0n) is 13.9. The van der Waals surface area contributed by atoms with Crippen molar-refractivity contribution in [1.29, 1.82) is 0 Å². The van der Waals surface area contributed by atoms with Crippen molar-refractivity contribution in [2.75, 3.05) is 19.7 Å². The highest BCUT2D eigenvalue weighted by molar-refractivity contribution is 5.95. The first-order chi connectivity index (χ1) is 11.0. The lowest BCUT2D eigenvalue weighted by molar-refractivity contribution is -0.130. The van der Waals surface area contributed by atoms with Crippen LogP contribution in [-0.4, -0.2) is 48.6 Å². The van der Waals surface area contributed by atoms with Gasteiger partial charge in [-0.25, -0.2) is 4.79 Å². The molecule has 1 aliphatic heterocycles. The van der Waals surface area contributed by atoms with Crippen LogP contribution in [0.1, 0.15) is 32.4 Å². The van der Waals surface area contributed by atoms with Crippen LogP contribution in [0.4, 0.5) is 4.79 Å². The molecule has 126 valence electrons. The molecule has 0 aliphatic carbocycles. The number of urea groups is 1. The van der Waals surface area contributed by atoms with E-state index in [9.17, 15) is 9.59 Å². The first-order valence-corrected chi connectivity index (χ1v) is 8.03. The fraction of sp³-hybridized carbons (Fsp3) is 0.529. The van der Waals surface area contributed by atoms with Gasteiger partial charge in [-0.3, -0.25) is 15.0 Å². The largest absolute Gasteiger partial charge is 0.370 e. The van der Waals surface area contributed by atoms with E-state index in [1.165, 1.54) is 0 Å². The minimum atomic E-state index is -0.453. The maximum Gasteiger partial charge on any atom is 0.321 e. The molecule has 1 fully saturated rings. The number of benzene rings is 1. The number of carbonyl (C=O) groups is 2. The standard InChI is InChI=1S/C17H25N3O3/c1-4-18-17(22)19-15(21)10-20-12(2)11-23-16(13(20)3)14-8-6-5-7-9-14/h5-9,12-13,16H,4,10-11H2,1-3H3,(H2,18,19,21,22). The Hall–Kier alpha value is -1.92. The molecule has 1 saturated heterocycles. The van der Waals surface area contributed by atoms with Crippen LogP contribution in [0.25, 0.3) is 0 Å². The van der Waals surface area contributed by atoms with Crippen molar-refractivity contribution >= 4 is 11.9 Å². The summed E-state index contributed by atoms with van der Waals surface area (Å²) in [6.07, 6.45) is -0.0790. The second kappa shape index (κ2) is 8.08. The average Bonchev–Trinajstić information content (AvgIpc) is 2.52. The third-order valence-electron chi connectivity index (χ3n) is 4.09. The predicted molar refractivity (Wildman–Crippen MR) is 88.0 cm³/mol. The van der Waals surface area contributed by atoms with E-state index in [0.717, 1.165) is 5.56 Å². The van der Waals surface area contributed by atoms with E-state index in [2.05, 4.69) is 15.5 Å². The number of ether oxygens (including phenoxy) is 1. The maximum absolute atomic E-state index is 12.1. The highest BCUT2D eigenvalue weighted by Gasteiger charge is 2.35. The predicted octanol–water partition coefficient (Wildman–Crippen LogP) is 1.68. The van der Waals surface area contributed by atoms with E-state index in [4.69, 9.17) is 4.74 Å². The summed E-state index contributed by atoms with van der Waals surface area (Å²) < 4.78 is 5.97. The molecule has 3 unspecified atom stereocenters. The molecule has 3 amide bonds. The van der Waals surface area contributed by atoms with Crippen LogP contribution in [0.5, 0.6) is 0 Å². The van der Waals surface area contributed by atoms with Gasteiger partial charge in [0.1, 0.15) is 0 Å². The van der Waals surface area contributed by atoms with Gasteiger partial charge in [0.2, 0.25) is 5.91 Å². The highest BCUT2D eigenvalue weighted by atomic mass is 16.5. The Balaban J connectivity index is 2.02. The van der Waals surface area contributed by atoms with Crippen LogP contribution in [0, 0.1) is 0 Å². The number of rotatable bonds is 4. The Kier molecular flexibility index (Phi) is 6.12. The van der Waals surface area contributed by atoms with Crippen molar-refractivity contribution in [3.8, 4) is 0 Å². The summed E-state index contributed by atoms with van der Waals surface area (Å²) in [7, 11) is 0. The van der Waals surface area contributed by atoms with Crippen molar-refractivity contribution in [2.24, 2.45) is 0 Å². The Morgan fingerprint density at radius 2 is 1.96 bits per heavy atom. The summed E-state index contributed by atoms with van der Waals surface area (Å²) in [5.41, 5.74) is 1.10. The molecule has 2 rings (SSSR count). The molecule has 23 heavy (non-hydrogen) atoms.